The summed E-state index contributed by atoms with van der Waals surface area (Å²) in [6, 6.07) is 10.2. The van der Waals surface area contributed by atoms with Gasteiger partial charge in [-0.05, 0) is 49.1 Å². The average Bonchev–Trinajstić information content (AvgIpc) is 3.52. The SMILES string of the molecule is O=C1CCC(N2Cc3c(C#CC4CCN(C(=O)c5cccc6n[nH]nc56)CC4)cccc3C2=O)C(=O)N1. The van der Waals surface area contributed by atoms with Crippen molar-refractivity contribution in [2.24, 2.45) is 5.92 Å². The maximum atomic E-state index is 13.1. The molecule has 1 aromatic heterocycles. The van der Waals surface area contributed by atoms with Crippen LogP contribution in [0.1, 0.15) is 57.5 Å². The van der Waals surface area contributed by atoms with Crippen molar-refractivity contribution in [2.45, 2.75) is 38.3 Å². The summed E-state index contributed by atoms with van der Waals surface area (Å²) in [5, 5.41) is 13.1. The number of rotatable bonds is 2. The van der Waals surface area contributed by atoms with Crippen molar-refractivity contribution in [3.05, 3.63) is 58.7 Å². The van der Waals surface area contributed by atoms with Crippen molar-refractivity contribution < 1.29 is 19.2 Å². The highest BCUT2D eigenvalue weighted by Crippen LogP contribution is 2.30. The number of piperidine rings is 2. The van der Waals surface area contributed by atoms with Gasteiger partial charge in [-0.25, -0.2) is 0 Å². The number of nitrogens with zero attached hydrogens (tertiary/aromatic N) is 4. The lowest BCUT2D eigenvalue weighted by atomic mass is 9.95. The summed E-state index contributed by atoms with van der Waals surface area (Å²) in [6.45, 7) is 1.49. The lowest BCUT2D eigenvalue weighted by Gasteiger charge is -2.30. The van der Waals surface area contributed by atoms with E-state index >= 15 is 0 Å². The Labute approximate surface area is 212 Å². The second-order valence-electron chi connectivity index (χ2n) is 9.56. The molecule has 3 aromatic rings. The van der Waals surface area contributed by atoms with E-state index in [4.69, 9.17) is 0 Å². The van der Waals surface area contributed by atoms with E-state index in [9.17, 15) is 19.2 Å². The Morgan fingerprint density at radius 2 is 1.81 bits per heavy atom. The van der Waals surface area contributed by atoms with E-state index in [2.05, 4.69) is 32.6 Å². The molecule has 3 aliphatic heterocycles. The predicted octanol–water partition coefficient (Wildman–Crippen LogP) is 1.62. The number of fused-ring (bicyclic) bond motifs is 2. The highest BCUT2D eigenvalue weighted by molar-refractivity contribution is 6.06. The number of nitrogens with one attached hydrogen (secondary N) is 2. The molecule has 2 N–H and O–H groups in total. The maximum Gasteiger partial charge on any atom is 0.256 e. The van der Waals surface area contributed by atoms with Crippen LogP contribution in [0.15, 0.2) is 36.4 Å². The number of benzene rings is 2. The van der Waals surface area contributed by atoms with Gasteiger partial charge in [-0.15, -0.1) is 0 Å². The van der Waals surface area contributed by atoms with Crippen LogP contribution in [-0.4, -0.2) is 68.0 Å². The molecule has 1 unspecified atom stereocenters. The quantitative estimate of drug-likeness (QED) is 0.410. The fraction of sp³-hybridized carbons (Fsp3) is 0.333. The van der Waals surface area contributed by atoms with Crippen LogP contribution in [0.3, 0.4) is 0 Å². The topological polar surface area (TPSA) is 128 Å². The molecule has 4 amide bonds. The second-order valence-corrected chi connectivity index (χ2v) is 9.56. The van der Waals surface area contributed by atoms with E-state index in [1.165, 1.54) is 4.90 Å². The summed E-state index contributed by atoms with van der Waals surface area (Å²) < 4.78 is 0. The van der Waals surface area contributed by atoms with Gasteiger partial charge in [-0.1, -0.05) is 24.0 Å². The number of H-pyrrole nitrogens is 1. The molecule has 0 bridgehead atoms. The van der Waals surface area contributed by atoms with Crippen molar-refractivity contribution in [1.82, 2.24) is 30.5 Å². The van der Waals surface area contributed by atoms with Crippen LogP contribution >= 0.6 is 0 Å². The van der Waals surface area contributed by atoms with Gasteiger partial charge in [-0.3, -0.25) is 24.5 Å². The molecule has 1 atom stereocenters. The summed E-state index contributed by atoms with van der Waals surface area (Å²) in [4.78, 5) is 53.3. The first-order valence-corrected chi connectivity index (χ1v) is 12.4. The Morgan fingerprint density at radius 1 is 1.00 bits per heavy atom. The van der Waals surface area contributed by atoms with E-state index < -0.39 is 11.9 Å². The van der Waals surface area contributed by atoms with Gasteiger partial charge in [0.15, 0.2) is 0 Å². The van der Waals surface area contributed by atoms with E-state index in [1.54, 1.807) is 24.3 Å². The number of carbonyl (C=O) groups is 4. The predicted molar refractivity (Wildman–Crippen MR) is 132 cm³/mol. The standard InChI is InChI=1S/C27H24N6O4/c34-23-10-9-22(25(35)28-23)33-15-20-17(3-1-4-18(20)27(33)37)8-7-16-11-13-32(14-12-16)26(36)19-5-2-6-21-24(19)30-31-29-21/h1-6,16,22H,9-15H2,(H,28,34,35)(H,29,30,31). The summed E-state index contributed by atoms with van der Waals surface area (Å²) in [5.74, 6) is 5.75. The highest BCUT2D eigenvalue weighted by Gasteiger charge is 2.39. The van der Waals surface area contributed by atoms with Gasteiger partial charge in [0.25, 0.3) is 11.8 Å². The molecular formula is C27H24N6O4. The summed E-state index contributed by atoms with van der Waals surface area (Å²) in [5.41, 5.74) is 3.93. The zero-order chi connectivity index (χ0) is 25.5. The molecule has 0 spiro atoms. The van der Waals surface area contributed by atoms with Crippen molar-refractivity contribution in [3.63, 3.8) is 0 Å². The molecule has 2 aromatic carbocycles. The lowest BCUT2D eigenvalue weighted by molar-refractivity contribution is -0.136. The van der Waals surface area contributed by atoms with Gasteiger partial charge < -0.3 is 9.80 Å². The zero-order valence-electron chi connectivity index (χ0n) is 20.0. The van der Waals surface area contributed by atoms with Gasteiger partial charge in [0, 0.05) is 43.1 Å². The van der Waals surface area contributed by atoms with E-state index in [0.717, 1.165) is 24.0 Å². The molecule has 0 saturated carbocycles. The smallest absolute Gasteiger partial charge is 0.256 e. The molecule has 186 valence electrons. The fourth-order valence-electron chi connectivity index (χ4n) is 5.32. The number of imide groups is 1. The minimum atomic E-state index is -0.650. The first-order chi connectivity index (χ1) is 18.0. The number of likely N-dealkylation sites (tertiary alicyclic amines) is 1. The Balaban J connectivity index is 1.13. The number of para-hydroxylation sites is 1. The molecule has 10 nitrogen and oxygen atoms in total. The molecule has 2 fully saturated rings. The minimum absolute atomic E-state index is 0.0566. The van der Waals surface area contributed by atoms with Crippen LogP contribution in [0, 0.1) is 17.8 Å². The number of aromatic amines is 1. The van der Waals surface area contributed by atoms with Crippen molar-refractivity contribution in [2.75, 3.05) is 13.1 Å². The lowest BCUT2D eigenvalue weighted by Crippen LogP contribution is -2.52. The molecule has 0 aliphatic carbocycles. The first kappa shape index (κ1) is 22.9. The van der Waals surface area contributed by atoms with Crippen LogP contribution in [-0.2, 0) is 16.1 Å². The minimum Gasteiger partial charge on any atom is -0.338 e. The summed E-state index contributed by atoms with van der Waals surface area (Å²) in [7, 11) is 0. The van der Waals surface area contributed by atoms with E-state index in [0.29, 0.717) is 48.2 Å². The molecule has 10 heteroatoms. The molecule has 2 saturated heterocycles. The number of carbonyl (C=O) groups excluding carboxylic acids is 4. The third-order valence-electron chi connectivity index (χ3n) is 7.35. The molecule has 6 rings (SSSR count). The summed E-state index contributed by atoms with van der Waals surface area (Å²) >= 11 is 0. The van der Waals surface area contributed by atoms with Gasteiger partial charge in [-0.2, -0.15) is 15.4 Å². The van der Waals surface area contributed by atoms with E-state index in [-0.39, 0.29) is 30.1 Å². The van der Waals surface area contributed by atoms with Crippen molar-refractivity contribution >= 4 is 34.7 Å². The monoisotopic (exact) mass is 496 g/mol. The maximum absolute atomic E-state index is 13.1. The van der Waals surface area contributed by atoms with Crippen LogP contribution in [0.25, 0.3) is 11.0 Å². The van der Waals surface area contributed by atoms with Gasteiger partial charge in [0.05, 0.1) is 5.56 Å². The van der Waals surface area contributed by atoms with Gasteiger partial charge in [0.2, 0.25) is 11.8 Å². The fourth-order valence-corrected chi connectivity index (χ4v) is 5.32. The Kier molecular flexibility index (Phi) is 5.68. The first-order valence-electron chi connectivity index (χ1n) is 12.4. The van der Waals surface area contributed by atoms with Crippen LogP contribution in [0.2, 0.25) is 0 Å². The molecule has 0 radical (unpaired) electrons. The normalized spacial score (nSPS) is 20.0. The van der Waals surface area contributed by atoms with Crippen LogP contribution < -0.4 is 5.32 Å². The zero-order valence-corrected chi connectivity index (χ0v) is 20.0. The van der Waals surface area contributed by atoms with Crippen molar-refractivity contribution in [3.8, 4) is 11.8 Å². The Hall–Kier alpha value is -4.52. The van der Waals surface area contributed by atoms with Gasteiger partial charge >= 0.3 is 0 Å². The Morgan fingerprint density at radius 3 is 2.62 bits per heavy atom. The average molecular weight is 497 g/mol. The molecular weight excluding hydrogens is 472 g/mol. The number of aromatic nitrogens is 3. The third kappa shape index (κ3) is 4.12. The van der Waals surface area contributed by atoms with Gasteiger partial charge in [0.1, 0.15) is 17.1 Å². The molecule has 4 heterocycles. The molecule has 37 heavy (non-hydrogen) atoms. The number of amides is 4. The van der Waals surface area contributed by atoms with Crippen molar-refractivity contribution in [1.29, 1.82) is 0 Å². The second kappa shape index (κ2) is 9.17. The molecule has 3 aliphatic rings. The number of hydrogen-bond acceptors (Lipinski definition) is 6. The number of hydrogen-bond donors (Lipinski definition) is 2. The van der Waals surface area contributed by atoms with Crippen LogP contribution in [0.4, 0.5) is 0 Å². The summed E-state index contributed by atoms with van der Waals surface area (Å²) in [6.07, 6.45) is 2.06. The highest BCUT2D eigenvalue weighted by atomic mass is 16.2. The third-order valence-corrected chi connectivity index (χ3v) is 7.35. The largest absolute Gasteiger partial charge is 0.338 e. The van der Waals surface area contributed by atoms with Crippen LogP contribution in [0.5, 0.6) is 0 Å². The van der Waals surface area contributed by atoms with E-state index in [1.807, 2.05) is 17.0 Å². The Bertz CT molecular complexity index is 1510.